The fourth-order valence-corrected chi connectivity index (χ4v) is 13.0. The molecule has 0 saturated carbocycles. The molecule has 5 heteroatoms. The molecule has 2 atom stereocenters. The summed E-state index contributed by atoms with van der Waals surface area (Å²) >= 11 is 6.40. The van der Waals surface area contributed by atoms with Crippen LogP contribution in [0.25, 0.3) is 0 Å². The summed E-state index contributed by atoms with van der Waals surface area (Å²) in [7, 11) is -4.30. The summed E-state index contributed by atoms with van der Waals surface area (Å²) in [4.78, 5) is 0. The van der Waals surface area contributed by atoms with Gasteiger partial charge in [0.25, 0.3) is 0 Å². The minimum absolute atomic E-state index is 0.0535. The molecule has 0 amide bonds. The lowest BCUT2D eigenvalue weighted by Gasteiger charge is -2.51. The van der Waals surface area contributed by atoms with Crippen LogP contribution in [0.5, 0.6) is 0 Å². The average Bonchev–Trinajstić information content (AvgIpc) is 3.15. The first-order chi connectivity index (χ1) is 17.1. The molecule has 1 aliphatic rings. The van der Waals surface area contributed by atoms with Crippen molar-refractivity contribution in [3.8, 4) is 0 Å². The summed E-state index contributed by atoms with van der Waals surface area (Å²) in [5.41, 5.74) is 3.32. The van der Waals surface area contributed by atoms with E-state index in [1.165, 1.54) is 11.1 Å². The summed E-state index contributed by atoms with van der Waals surface area (Å²) in [6, 6.07) is 19.3. The first-order valence-electron chi connectivity index (χ1n) is 14.0. The molecule has 0 spiro atoms. The lowest BCUT2D eigenvalue weighted by molar-refractivity contribution is 0.0348. The monoisotopic (exact) mass is 556 g/mol. The van der Waals surface area contributed by atoms with E-state index < -0.39 is 22.2 Å². The van der Waals surface area contributed by atoms with Crippen LogP contribution in [0, 0.1) is 0 Å². The van der Waals surface area contributed by atoms with E-state index in [2.05, 4.69) is 124 Å². The van der Waals surface area contributed by atoms with Gasteiger partial charge in [0.1, 0.15) is 0 Å². The van der Waals surface area contributed by atoms with Crippen LogP contribution in [0.2, 0.25) is 39.8 Å². The summed E-state index contributed by atoms with van der Waals surface area (Å²) in [5.74, 6) is 1.13. The van der Waals surface area contributed by atoms with Crippen LogP contribution in [0.4, 0.5) is 0 Å². The Labute approximate surface area is 234 Å². The van der Waals surface area contributed by atoms with Crippen LogP contribution in [0.1, 0.15) is 85.8 Å². The van der Waals surface area contributed by atoms with E-state index in [9.17, 15) is 0 Å². The largest absolute Gasteiger partial charge is 0.547 e. The van der Waals surface area contributed by atoms with Gasteiger partial charge in [-0.1, -0.05) is 116 Å². The van der Waals surface area contributed by atoms with E-state index in [1.54, 1.807) is 0 Å². The van der Waals surface area contributed by atoms with Crippen LogP contribution in [0.3, 0.4) is 0 Å². The molecule has 2 unspecified atom stereocenters. The Morgan fingerprint density at radius 2 is 1.35 bits per heavy atom. The lowest BCUT2D eigenvalue weighted by atomic mass is 9.79. The van der Waals surface area contributed by atoms with Gasteiger partial charge in [-0.2, -0.15) is 0 Å². The van der Waals surface area contributed by atoms with Crippen LogP contribution in [-0.4, -0.2) is 16.6 Å². The topological polar surface area (TPSA) is 18.5 Å². The highest BCUT2D eigenvalue weighted by atomic mass is 35.5. The molecular formula is C32H49ClO2Si2. The van der Waals surface area contributed by atoms with Crippen molar-refractivity contribution in [2.75, 3.05) is 0 Å². The van der Waals surface area contributed by atoms with Gasteiger partial charge in [0.15, 0.2) is 0 Å². The van der Waals surface area contributed by atoms with Gasteiger partial charge >= 0.3 is 0 Å². The molecule has 0 radical (unpaired) electrons. The van der Waals surface area contributed by atoms with Crippen molar-refractivity contribution >= 4 is 28.2 Å². The molecule has 0 saturated heterocycles. The number of benzene rings is 2. The first kappa shape index (κ1) is 30.2. The molecule has 0 N–H and O–H groups in total. The summed E-state index contributed by atoms with van der Waals surface area (Å²) in [5, 5.41) is 0.869. The van der Waals surface area contributed by atoms with Crippen molar-refractivity contribution in [3.05, 3.63) is 82.6 Å². The molecule has 1 aliphatic carbocycles. The highest BCUT2D eigenvalue weighted by molar-refractivity contribution is 6.77. The van der Waals surface area contributed by atoms with Crippen molar-refractivity contribution < 1.29 is 8.85 Å². The van der Waals surface area contributed by atoms with Gasteiger partial charge < -0.3 is 8.85 Å². The number of hydrogen-bond donors (Lipinski definition) is 0. The molecule has 0 fully saturated rings. The van der Waals surface area contributed by atoms with Crippen molar-refractivity contribution in [2.45, 2.75) is 115 Å². The number of hydrogen-bond acceptors (Lipinski definition) is 2. The van der Waals surface area contributed by atoms with Gasteiger partial charge in [0, 0.05) is 17.4 Å². The molecular weight excluding hydrogens is 508 g/mol. The van der Waals surface area contributed by atoms with Crippen LogP contribution in [0.15, 0.2) is 66.4 Å². The first-order valence-corrected chi connectivity index (χ1v) is 19.4. The molecule has 37 heavy (non-hydrogen) atoms. The molecule has 0 aromatic heterocycles. The normalized spacial score (nSPS) is 21.2. The lowest BCUT2D eigenvalue weighted by Crippen LogP contribution is -2.54. The third-order valence-electron chi connectivity index (χ3n) is 9.04. The second kappa shape index (κ2) is 11.0. The number of halogens is 1. The number of rotatable bonds is 9. The minimum Gasteiger partial charge on any atom is -0.547 e. The van der Waals surface area contributed by atoms with Crippen molar-refractivity contribution in [3.63, 3.8) is 0 Å². The van der Waals surface area contributed by atoms with E-state index in [0.29, 0.717) is 16.6 Å². The SMILES string of the molecule is CC(C)[Si](OC1(c2ccc(Cl)cc2)CC(O[Si](C)(C)C(C)(C)C)=CC1c1ccccc1)(C(C)C)C(C)C. The molecule has 2 nitrogen and oxygen atoms in total. The predicted octanol–water partition coefficient (Wildman–Crippen LogP) is 10.8. The molecule has 0 heterocycles. The van der Waals surface area contributed by atoms with Crippen LogP contribution in [-0.2, 0) is 14.5 Å². The third-order valence-corrected chi connectivity index (χ3v) is 19.8. The fraction of sp³-hybridized carbons (Fsp3) is 0.562. The van der Waals surface area contributed by atoms with E-state index >= 15 is 0 Å². The Hall–Kier alpha value is -1.34. The van der Waals surface area contributed by atoms with E-state index in [4.69, 9.17) is 20.5 Å². The van der Waals surface area contributed by atoms with Gasteiger partial charge in [-0.05, 0) is 64.1 Å². The average molecular weight is 557 g/mol. The zero-order chi connectivity index (χ0) is 27.8. The van der Waals surface area contributed by atoms with Crippen molar-refractivity contribution in [1.82, 2.24) is 0 Å². The second-order valence-corrected chi connectivity index (χ2v) is 23.9. The third kappa shape index (κ3) is 5.83. The smallest absolute Gasteiger partial charge is 0.250 e. The second-order valence-electron chi connectivity index (χ2n) is 13.4. The highest BCUT2D eigenvalue weighted by Crippen LogP contribution is 2.57. The fourth-order valence-electron chi connectivity index (χ4n) is 6.17. The Morgan fingerprint density at radius 1 is 0.838 bits per heavy atom. The zero-order valence-electron chi connectivity index (χ0n) is 25.0. The highest BCUT2D eigenvalue weighted by Gasteiger charge is 2.56. The Bertz CT molecular complexity index is 1050. The van der Waals surface area contributed by atoms with Gasteiger partial charge in [0.2, 0.25) is 16.6 Å². The maximum atomic E-state index is 7.87. The molecule has 2 aromatic carbocycles. The molecule has 0 aliphatic heterocycles. The van der Waals surface area contributed by atoms with Gasteiger partial charge in [0.05, 0.1) is 11.4 Å². The van der Waals surface area contributed by atoms with Crippen LogP contribution >= 0.6 is 11.6 Å². The van der Waals surface area contributed by atoms with Gasteiger partial charge in [-0.25, -0.2) is 0 Å². The summed E-state index contributed by atoms with van der Waals surface area (Å²) < 4.78 is 14.9. The van der Waals surface area contributed by atoms with Gasteiger partial charge in [-0.3, -0.25) is 0 Å². The maximum absolute atomic E-state index is 7.87. The van der Waals surface area contributed by atoms with Crippen molar-refractivity contribution in [2.24, 2.45) is 0 Å². The predicted molar refractivity (Wildman–Crippen MR) is 165 cm³/mol. The molecule has 0 bridgehead atoms. The van der Waals surface area contributed by atoms with E-state index in [0.717, 1.165) is 17.2 Å². The summed E-state index contributed by atoms with van der Waals surface area (Å²) in [6.07, 6.45) is 3.12. The van der Waals surface area contributed by atoms with Crippen LogP contribution < -0.4 is 0 Å². The van der Waals surface area contributed by atoms with Gasteiger partial charge in [-0.15, -0.1) is 0 Å². The Morgan fingerprint density at radius 3 is 1.81 bits per heavy atom. The Kier molecular flexibility index (Phi) is 9.01. The Balaban J connectivity index is 2.28. The van der Waals surface area contributed by atoms with E-state index in [1.807, 2.05) is 12.1 Å². The molecule has 204 valence electrons. The van der Waals surface area contributed by atoms with E-state index in [-0.39, 0.29) is 11.0 Å². The molecule has 2 aromatic rings. The zero-order valence-corrected chi connectivity index (χ0v) is 27.7. The minimum atomic E-state index is -2.27. The van der Waals surface area contributed by atoms with Crippen molar-refractivity contribution in [1.29, 1.82) is 0 Å². The summed E-state index contributed by atoms with van der Waals surface area (Å²) in [6.45, 7) is 25.8. The maximum Gasteiger partial charge on any atom is 0.250 e. The quantitative estimate of drug-likeness (QED) is 0.286. The standard InChI is InChI=1S/C32H49ClO2Si2/c1-23(2)37(24(3)4,25(5)6)35-32(27-17-19-28(33)20-18-27)22-29(34-36(10,11)31(7,8)9)21-30(32)26-15-13-12-14-16-26/h12-21,23-25,30H,22H2,1-11H3. The molecule has 3 rings (SSSR count).